The summed E-state index contributed by atoms with van der Waals surface area (Å²) in [6.45, 7) is 17.9. The number of hydrogen-bond acceptors (Lipinski definition) is 3. The van der Waals surface area contributed by atoms with E-state index in [1.165, 1.54) is 11.1 Å². The van der Waals surface area contributed by atoms with E-state index in [4.69, 9.17) is 16.3 Å². The van der Waals surface area contributed by atoms with Crippen LogP contribution in [0.25, 0.3) is 0 Å². The Hall–Kier alpha value is -1.29. The van der Waals surface area contributed by atoms with Gasteiger partial charge in [-0.2, -0.15) is 0 Å². The lowest BCUT2D eigenvalue weighted by Gasteiger charge is -2.37. The number of amides is 1. The molecule has 0 aromatic rings. The highest BCUT2D eigenvalue weighted by Gasteiger charge is 2.44. The van der Waals surface area contributed by atoms with Crippen LogP contribution >= 0.6 is 11.6 Å². The summed E-state index contributed by atoms with van der Waals surface area (Å²) in [4.78, 5) is 27.2. The molecule has 0 aromatic heterocycles. The van der Waals surface area contributed by atoms with Gasteiger partial charge in [-0.15, -0.1) is 11.6 Å². The molecule has 3 unspecified atom stereocenters. The maximum absolute atomic E-state index is 13.1. The van der Waals surface area contributed by atoms with Crippen LogP contribution in [0.15, 0.2) is 22.3 Å². The second kappa shape index (κ2) is 8.61. The molecular weight excluding hydrogens is 374 g/mol. The Morgan fingerprint density at radius 2 is 1.50 bits per heavy atom. The Labute approximate surface area is 176 Å². The molecule has 4 nitrogen and oxygen atoms in total. The fraction of sp³-hybridized carbons (Fsp3) is 0.739. The molecular formula is C23H38ClNO3. The lowest BCUT2D eigenvalue weighted by molar-refractivity contribution is -0.161. The Morgan fingerprint density at radius 3 is 1.86 bits per heavy atom. The van der Waals surface area contributed by atoms with Crippen LogP contribution in [-0.4, -0.2) is 41.8 Å². The van der Waals surface area contributed by atoms with E-state index in [0.717, 1.165) is 11.1 Å². The summed E-state index contributed by atoms with van der Waals surface area (Å²) in [5.41, 5.74) is 3.39. The van der Waals surface area contributed by atoms with Crippen LogP contribution < -0.4 is 0 Å². The Balaban J connectivity index is 3.05. The number of carbonyl (C=O) groups is 2. The Kier molecular flexibility index (Phi) is 7.61. The minimum Gasteiger partial charge on any atom is -0.450 e. The summed E-state index contributed by atoms with van der Waals surface area (Å²) in [5, 5.41) is -0.314. The number of esters is 1. The van der Waals surface area contributed by atoms with Gasteiger partial charge in [0.2, 0.25) is 5.91 Å². The molecule has 0 saturated heterocycles. The van der Waals surface area contributed by atoms with Gasteiger partial charge in [-0.05, 0) is 75.7 Å². The minimum absolute atomic E-state index is 0.0114. The highest BCUT2D eigenvalue weighted by atomic mass is 35.5. The quantitative estimate of drug-likeness (QED) is 0.418. The molecule has 1 aliphatic rings. The van der Waals surface area contributed by atoms with Crippen molar-refractivity contribution in [1.29, 1.82) is 0 Å². The van der Waals surface area contributed by atoms with E-state index in [2.05, 4.69) is 13.8 Å². The van der Waals surface area contributed by atoms with Crippen LogP contribution in [0.4, 0.5) is 0 Å². The molecule has 1 rings (SSSR count). The van der Waals surface area contributed by atoms with Gasteiger partial charge in [0.1, 0.15) is 0 Å². The van der Waals surface area contributed by atoms with Crippen LogP contribution in [0.1, 0.15) is 68.7 Å². The number of carbonyl (C=O) groups excluding carboxylic acids is 2. The molecule has 0 bridgehead atoms. The third-order valence-corrected chi connectivity index (χ3v) is 7.31. The average Bonchev–Trinajstić information content (AvgIpc) is 2.73. The number of alkyl halides is 1. The third kappa shape index (κ3) is 4.64. The fourth-order valence-corrected chi connectivity index (χ4v) is 4.04. The second-order valence-corrected chi connectivity index (χ2v) is 10.1. The van der Waals surface area contributed by atoms with Crippen molar-refractivity contribution in [3.8, 4) is 0 Å². The van der Waals surface area contributed by atoms with E-state index in [0.29, 0.717) is 6.42 Å². The maximum atomic E-state index is 13.1. The van der Waals surface area contributed by atoms with Gasteiger partial charge in [0.15, 0.2) is 5.60 Å². The molecule has 0 fully saturated rings. The van der Waals surface area contributed by atoms with Gasteiger partial charge in [0.25, 0.3) is 0 Å². The Morgan fingerprint density at radius 1 is 1.07 bits per heavy atom. The van der Waals surface area contributed by atoms with E-state index < -0.39 is 11.0 Å². The van der Waals surface area contributed by atoms with Crippen molar-refractivity contribution in [3.63, 3.8) is 0 Å². The second-order valence-electron chi connectivity index (χ2n) is 9.39. The Bertz CT molecular complexity index is 677. The molecule has 1 aliphatic carbocycles. The lowest BCUT2D eigenvalue weighted by atomic mass is 9.72. The van der Waals surface area contributed by atoms with E-state index >= 15 is 0 Å². The van der Waals surface area contributed by atoms with Crippen LogP contribution in [0.3, 0.4) is 0 Å². The SMILES string of the molecule is CC1=C(C)C(C)(OC(=O)C(C)C(C)(C)CC(C(=O)N(C)C)C(C)Cl)C(C)=C1C. The monoisotopic (exact) mass is 411 g/mol. The zero-order valence-corrected chi connectivity index (χ0v) is 20.2. The fourth-order valence-electron chi connectivity index (χ4n) is 3.84. The van der Waals surface area contributed by atoms with Crippen molar-refractivity contribution in [2.75, 3.05) is 14.1 Å². The standard InChI is InChI=1S/C23H38ClNO3/c1-13-14(2)16(4)23(9,15(13)3)28-21(27)17(5)22(7,8)12-19(18(6)24)20(26)25(10)11/h17-19H,12H2,1-11H3. The number of ether oxygens (including phenoxy) is 1. The van der Waals surface area contributed by atoms with Crippen molar-refractivity contribution >= 4 is 23.5 Å². The molecule has 0 spiro atoms. The summed E-state index contributed by atoms with van der Waals surface area (Å²) >= 11 is 6.33. The van der Waals surface area contributed by atoms with Gasteiger partial charge in [-0.3, -0.25) is 9.59 Å². The predicted octanol–water partition coefficient (Wildman–Crippen LogP) is 5.36. The molecule has 1 amide bonds. The number of hydrogen-bond donors (Lipinski definition) is 0. The van der Waals surface area contributed by atoms with E-state index in [1.807, 2.05) is 48.5 Å². The predicted molar refractivity (Wildman–Crippen MR) is 116 cm³/mol. The van der Waals surface area contributed by atoms with E-state index in [9.17, 15) is 9.59 Å². The first-order valence-electron chi connectivity index (χ1n) is 10.0. The molecule has 0 heterocycles. The van der Waals surface area contributed by atoms with Crippen LogP contribution in [0, 0.1) is 17.3 Å². The number of allylic oxidation sites excluding steroid dienone is 2. The highest BCUT2D eigenvalue weighted by Crippen LogP contribution is 2.44. The van der Waals surface area contributed by atoms with Crippen molar-refractivity contribution in [2.24, 2.45) is 17.3 Å². The lowest BCUT2D eigenvalue weighted by Crippen LogP contribution is -2.42. The number of nitrogens with zero attached hydrogens (tertiary/aromatic N) is 1. The van der Waals surface area contributed by atoms with Crippen molar-refractivity contribution in [2.45, 2.75) is 79.7 Å². The molecule has 3 atom stereocenters. The topological polar surface area (TPSA) is 46.6 Å². The zero-order chi connectivity index (χ0) is 22.2. The van der Waals surface area contributed by atoms with Crippen LogP contribution in [-0.2, 0) is 14.3 Å². The van der Waals surface area contributed by atoms with Gasteiger partial charge >= 0.3 is 5.97 Å². The zero-order valence-electron chi connectivity index (χ0n) is 19.5. The first-order chi connectivity index (χ1) is 12.6. The van der Waals surface area contributed by atoms with Gasteiger partial charge in [-0.1, -0.05) is 20.8 Å². The molecule has 28 heavy (non-hydrogen) atoms. The summed E-state index contributed by atoms with van der Waals surface area (Å²) in [6.07, 6.45) is 0.517. The first-order valence-corrected chi connectivity index (χ1v) is 10.5. The molecule has 0 saturated carbocycles. The summed E-state index contributed by atoms with van der Waals surface area (Å²) < 4.78 is 6.08. The molecule has 0 aromatic carbocycles. The van der Waals surface area contributed by atoms with Crippen LogP contribution in [0.2, 0.25) is 0 Å². The largest absolute Gasteiger partial charge is 0.450 e. The molecule has 160 valence electrons. The van der Waals surface area contributed by atoms with Crippen molar-refractivity contribution in [3.05, 3.63) is 22.3 Å². The highest BCUT2D eigenvalue weighted by molar-refractivity contribution is 6.21. The van der Waals surface area contributed by atoms with Gasteiger partial charge < -0.3 is 9.64 Å². The van der Waals surface area contributed by atoms with Crippen LogP contribution in [0.5, 0.6) is 0 Å². The maximum Gasteiger partial charge on any atom is 0.310 e. The molecule has 0 N–H and O–H groups in total. The molecule has 0 radical (unpaired) electrons. The summed E-state index contributed by atoms with van der Waals surface area (Å²) in [7, 11) is 3.46. The van der Waals surface area contributed by atoms with Gasteiger partial charge in [0.05, 0.1) is 11.8 Å². The molecule has 5 heteroatoms. The summed E-state index contributed by atoms with van der Waals surface area (Å²) in [6, 6.07) is 0. The summed E-state index contributed by atoms with van der Waals surface area (Å²) in [5.74, 6) is -0.981. The molecule has 0 aliphatic heterocycles. The van der Waals surface area contributed by atoms with E-state index in [-0.39, 0.29) is 29.1 Å². The number of halogens is 1. The first kappa shape index (κ1) is 24.7. The third-order valence-electron chi connectivity index (χ3n) is 7.01. The van der Waals surface area contributed by atoms with Crippen molar-refractivity contribution in [1.82, 2.24) is 4.90 Å². The van der Waals surface area contributed by atoms with Gasteiger partial charge in [-0.25, -0.2) is 0 Å². The average molecular weight is 412 g/mol. The number of rotatable bonds is 7. The minimum atomic E-state index is -0.700. The van der Waals surface area contributed by atoms with Gasteiger partial charge in [0, 0.05) is 19.5 Å². The normalized spacial score (nSPS) is 20.1. The van der Waals surface area contributed by atoms with Crippen molar-refractivity contribution < 1.29 is 14.3 Å². The van der Waals surface area contributed by atoms with E-state index in [1.54, 1.807) is 19.0 Å². The smallest absolute Gasteiger partial charge is 0.310 e.